The molecular formula is C27H38O7. The summed E-state index contributed by atoms with van der Waals surface area (Å²) in [6.45, 7) is 10.1. The van der Waals surface area contributed by atoms with Gasteiger partial charge in [0, 0.05) is 42.8 Å². The second-order valence-electron chi connectivity index (χ2n) is 12.7. The highest BCUT2D eigenvalue weighted by molar-refractivity contribution is 5.92. The summed E-state index contributed by atoms with van der Waals surface area (Å²) in [5.74, 6) is 0.679. The lowest BCUT2D eigenvalue weighted by atomic mass is 9.39. The molecule has 34 heavy (non-hydrogen) atoms. The van der Waals surface area contributed by atoms with Gasteiger partial charge < -0.3 is 18.9 Å². The first-order valence-corrected chi connectivity index (χ1v) is 13.1. The predicted octanol–water partition coefficient (Wildman–Crippen LogP) is 3.18. The average molecular weight is 475 g/mol. The van der Waals surface area contributed by atoms with E-state index < -0.39 is 22.3 Å². The van der Waals surface area contributed by atoms with Crippen molar-refractivity contribution in [2.24, 2.45) is 51.8 Å². The van der Waals surface area contributed by atoms with E-state index in [0.29, 0.717) is 30.6 Å². The van der Waals surface area contributed by atoms with Gasteiger partial charge in [-0.3, -0.25) is 14.4 Å². The maximum absolute atomic E-state index is 13.8. The van der Waals surface area contributed by atoms with Crippen LogP contribution in [0.4, 0.5) is 0 Å². The third kappa shape index (κ3) is 2.58. The van der Waals surface area contributed by atoms with Crippen molar-refractivity contribution in [3.8, 4) is 0 Å². The van der Waals surface area contributed by atoms with Gasteiger partial charge in [-0.05, 0) is 55.8 Å². The van der Waals surface area contributed by atoms with Gasteiger partial charge in [-0.15, -0.1) is 0 Å². The third-order valence-corrected chi connectivity index (χ3v) is 11.6. The smallest absolute Gasteiger partial charge is 0.312 e. The predicted molar refractivity (Wildman–Crippen MR) is 120 cm³/mol. The minimum Gasteiger partial charge on any atom is -0.469 e. The Balaban J connectivity index is 1.48. The average Bonchev–Trinajstić information content (AvgIpc) is 3.54. The molecule has 0 aromatic heterocycles. The Labute approximate surface area is 201 Å². The van der Waals surface area contributed by atoms with Gasteiger partial charge in [0.05, 0.1) is 18.6 Å². The molecular weight excluding hydrogens is 436 g/mol. The van der Waals surface area contributed by atoms with Crippen molar-refractivity contribution in [1.82, 2.24) is 0 Å². The number of methoxy groups -OCH3 is 1. The zero-order chi connectivity index (χ0) is 24.2. The molecule has 3 aliphatic carbocycles. The zero-order valence-electron chi connectivity index (χ0n) is 21.0. The molecule has 0 aromatic carbocycles. The van der Waals surface area contributed by atoms with E-state index in [0.717, 1.165) is 26.1 Å². The maximum Gasteiger partial charge on any atom is 0.312 e. The fourth-order valence-corrected chi connectivity index (χ4v) is 10.1. The molecule has 188 valence electrons. The van der Waals surface area contributed by atoms with Crippen LogP contribution in [0.2, 0.25) is 0 Å². The van der Waals surface area contributed by atoms with Crippen LogP contribution in [0.25, 0.3) is 0 Å². The van der Waals surface area contributed by atoms with Crippen molar-refractivity contribution >= 4 is 17.7 Å². The van der Waals surface area contributed by atoms with Crippen molar-refractivity contribution in [1.29, 1.82) is 0 Å². The largest absolute Gasteiger partial charge is 0.469 e. The van der Waals surface area contributed by atoms with Gasteiger partial charge in [0.25, 0.3) is 0 Å². The molecule has 0 N–H and O–H groups in total. The van der Waals surface area contributed by atoms with E-state index in [1.807, 2.05) is 13.8 Å². The number of ketones is 1. The number of ether oxygens (including phenoxy) is 4. The van der Waals surface area contributed by atoms with E-state index in [1.54, 1.807) is 0 Å². The number of carbonyl (C=O) groups excluding carboxylic acids is 3. The summed E-state index contributed by atoms with van der Waals surface area (Å²) >= 11 is 0. The van der Waals surface area contributed by atoms with Gasteiger partial charge in [-0.1, -0.05) is 20.8 Å². The fraction of sp³-hybridized carbons (Fsp3) is 0.889. The molecule has 12 atom stereocenters. The summed E-state index contributed by atoms with van der Waals surface area (Å²) in [6, 6.07) is 0. The summed E-state index contributed by atoms with van der Waals surface area (Å²) < 4.78 is 23.9. The zero-order valence-corrected chi connectivity index (χ0v) is 21.0. The van der Waals surface area contributed by atoms with E-state index in [-0.39, 0.29) is 54.1 Å². The van der Waals surface area contributed by atoms with Crippen LogP contribution < -0.4 is 0 Å². The van der Waals surface area contributed by atoms with Crippen LogP contribution in [-0.2, 0) is 33.3 Å². The van der Waals surface area contributed by atoms with Gasteiger partial charge in [0.15, 0.2) is 0 Å². The van der Waals surface area contributed by atoms with Crippen molar-refractivity contribution in [2.45, 2.75) is 78.1 Å². The Hall–Kier alpha value is -1.47. The van der Waals surface area contributed by atoms with E-state index in [1.165, 1.54) is 7.11 Å². The van der Waals surface area contributed by atoms with Crippen molar-refractivity contribution in [3.05, 3.63) is 0 Å². The number of carbonyl (C=O) groups is 3. The standard InChI is InChI=1S/C27H38O7/c1-13-15(14-7-9-32-12-14)10-16-20(13)27(4)17(11-19(29)31-5)26(3)18(28)6-8-25(2)22(26)21(23(27)33-16)34-24(25)30/h13-17,20-23H,6-12H2,1-5H3/t13?,14?,15?,16-,17+,20?,21?,22?,23+,25+,26-,27+/m0/s1. The van der Waals surface area contributed by atoms with Crippen LogP contribution >= 0.6 is 0 Å². The summed E-state index contributed by atoms with van der Waals surface area (Å²) in [4.78, 5) is 39.9. The van der Waals surface area contributed by atoms with E-state index in [2.05, 4.69) is 13.8 Å². The molecule has 7 heteroatoms. The van der Waals surface area contributed by atoms with Crippen LogP contribution in [0, 0.1) is 51.8 Å². The molecule has 3 saturated heterocycles. The van der Waals surface area contributed by atoms with Gasteiger partial charge in [-0.2, -0.15) is 0 Å². The summed E-state index contributed by atoms with van der Waals surface area (Å²) in [6.07, 6.45) is 2.34. The first-order valence-electron chi connectivity index (χ1n) is 13.1. The molecule has 0 bridgehead atoms. The first-order chi connectivity index (χ1) is 16.1. The fourth-order valence-electron chi connectivity index (χ4n) is 10.1. The van der Waals surface area contributed by atoms with Crippen molar-refractivity contribution in [3.63, 3.8) is 0 Å². The maximum atomic E-state index is 13.8. The summed E-state index contributed by atoms with van der Waals surface area (Å²) in [7, 11) is 1.41. The number of hydrogen-bond acceptors (Lipinski definition) is 7. The number of hydrogen-bond donors (Lipinski definition) is 0. The molecule has 3 aliphatic heterocycles. The Morgan fingerprint density at radius 3 is 2.65 bits per heavy atom. The topological polar surface area (TPSA) is 88.1 Å². The minimum atomic E-state index is -0.838. The number of Topliss-reactive ketones (excluding diaryl/α,β-unsaturated/α-hetero) is 1. The third-order valence-electron chi connectivity index (χ3n) is 11.6. The molecule has 0 spiro atoms. The summed E-state index contributed by atoms with van der Waals surface area (Å²) in [5, 5.41) is 0. The van der Waals surface area contributed by atoms with Gasteiger partial charge in [0.2, 0.25) is 0 Å². The Morgan fingerprint density at radius 2 is 1.97 bits per heavy atom. The second-order valence-corrected chi connectivity index (χ2v) is 12.7. The lowest BCUT2D eigenvalue weighted by molar-refractivity contribution is -0.206. The molecule has 0 amide bonds. The SMILES string of the molecule is COC(=O)C[C@H]1[C@]2(C)C3C(C)C(C4CCOC4)C[C@@H]3O[C@@H]2C2OC(=O)[C@]3(C)CCC(=O)[C@@]1(C)C23. The highest BCUT2D eigenvalue weighted by Crippen LogP contribution is 2.73. The van der Waals surface area contributed by atoms with E-state index >= 15 is 0 Å². The number of rotatable bonds is 3. The monoisotopic (exact) mass is 474 g/mol. The molecule has 6 unspecified atom stereocenters. The molecule has 0 radical (unpaired) electrons. The van der Waals surface area contributed by atoms with Gasteiger partial charge in [0.1, 0.15) is 18.0 Å². The molecule has 7 nitrogen and oxygen atoms in total. The quantitative estimate of drug-likeness (QED) is 0.581. The van der Waals surface area contributed by atoms with Crippen LogP contribution in [0.1, 0.15) is 59.8 Å². The highest BCUT2D eigenvalue weighted by atomic mass is 16.6. The van der Waals surface area contributed by atoms with E-state index in [4.69, 9.17) is 18.9 Å². The van der Waals surface area contributed by atoms with Crippen LogP contribution in [0.3, 0.4) is 0 Å². The number of esters is 2. The molecule has 6 aliphatic rings. The van der Waals surface area contributed by atoms with Gasteiger partial charge >= 0.3 is 11.9 Å². The minimum absolute atomic E-state index is 0.0418. The normalized spacial score (nSPS) is 55.5. The van der Waals surface area contributed by atoms with Gasteiger partial charge in [-0.25, -0.2) is 0 Å². The Morgan fingerprint density at radius 1 is 1.21 bits per heavy atom. The molecule has 0 aromatic rings. The molecule has 6 fully saturated rings. The Bertz CT molecular complexity index is 926. The van der Waals surface area contributed by atoms with Crippen molar-refractivity contribution in [2.75, 3.05) is 20.3 Å². The molecule has 3 saturated carbocycles. The van der Waals surface area contributed by atoms with Crippen LogP contribution in [-0.4, -0.2) is 56.4 Å². The number of fused-ring (bicyclic) bond motifs is 4. The van der Waals surface area contributed by atoms with E-state index in [9.17, 15) is 14.4 Å². The lowest BCUT2D eigenvalue weighted by Crippen LogP contribution is -2.68. The van der Waals surface area contributed by atoms with Crippen LogP contribution in [0.15, 0.2) is 0 Å². The first kappa shape index (κ1) is 23.0. The highest BCUT2D eigenvalue weighted by Gasteiger charge is 2.79. The van der Waals surface area contributed by atoms with Crippen LogP contribution in [0.5, 0.6) is 0 Å². The molecule has 3 heterocycles. The Kier molecular flexibility index (Phi) is 4.92. The lowest BCUT2D eigenvalue weighted by Gasteiger charge is -2.61. The molecule has 6 rings (SSSR count). The summed E-state index contributed by atoms with van der Waals surface area (Å²) in [5.41, 5.74) is -2.03. The second kappa shape index (κ2) is 7.28. The van der Waals surface area contributed by atoms with Crippen molar-refractivity contribution < 1.29 is 33.3 Å².